The lowest BCUT2D eigenvalue weighted by Gasteiger charge is -2.42. The topological polar surface area (TPSA) is 20.6 Å². The average Bonchev–Trinajstić information content (AvgIpc) is 2.79. The Hall–Kier alpha value is -7.97. The van der Waals surface area contributed by atoms with Gasteiger partial charge in [0.05, 0.1) is 22.4 Å². The van der Waals surface area contributed by atoms with Crippen LogP contribution in [-0.2, 0) is 21.7 Å². The van der Waals surface area contributed by atoms with Crippen LogP contribution >= 0.6 is 23.1 Å². The molecular weight excluding hydrogens is 1050 g/mol. The number of hydrogen-bond donors (Lipinski definition) is 0. The van der Waals surface area contributed by atoms with Crippen molar-refractivity contribution in [1.29, 1.82) is 0 Å². The van der Waals surface area contributed by atoms with Gasteiger partial charge in [-0.3, -0.25) is 0 Å². The van der Waals surface area contributed by atoms with E-state index in [0.717, 1.165) is 57.7 Å². The fourth-order valence-electron chi connectivity index (χ4n) is 13.8. The molecule has 0 N–H and O–H groups in total. The first-order chi connectivity index (χ1) is 39.9. The van der Waals surface area contributed by atoms with Crippen molar-refractivity contribution in [3.05, 3.63) is 229 Å². The highest BCUT2D eigenvalue weighted by molar-refractivity contribution is 8.00. The van der Waals surface area contributed by atoms with Gasteiger partial charge in [-0.05, 0) is 165 Å². The van der Waals surface area contributed by atoms with Gasteiger partial charge in [0, 0.05) is 81.3 Å². The highest BCUT2D eigenvalue weighted by Gasteiger charge is 2.44. The fourth-order valence-corrected chi connectivity index (χ4v) is 16.3. The van der Waals surface area contributed by atoms with Crippen LogP contribution in [0.25, 0.3) is 47.7 Å². The van der Waals surface area contributed by atoms with Crippen LogP contribution in [0.4, 0.5) is 34.1 Å². The van der Waals surface area contributed by atoms with Crippen LogP contribution in [0.3, 0.4) is 0 Å². The maximum Gasteiger partial charge on any atom is 0.255 e. The number of ether oxygens (including phenoxy) is 1. The van der Waals surface area contributed by atoms with Gasteiger partial charge < -0.3 is 19.1 Å². The summed E-state index contributed by atoms with van der Waals surface area (Å²) in [7, 11) is 0. The molecule has 408 valence electrons. The SMILES string of the molecule is CC(C)(C)c1ccc2c(c1)c1cc(C(C)(C)C)ccc1n2-c1cc2c3c(c1)Sc1cc(N(c4ccccc4)c4ccccc4)ccc1B3c1c(cc(N(c3ccccc3)c3ccc4c(c3)C(C)(C)CCC4(C)C)c3c1sc1ccccc13)O2. The van der Waals surface area contributed by atoms with Crippen LogP contribution in [0.5, 0.6) is 11.5 Å². The molecule has 0 amide bonds. The van der Waals surface area contributed by atoms with Gasteiger partial charge in [0.1, 0.15) is 11.5 Å². The summed E-state index contributed by atoms with van der Waals surface area (Å²) in [6.45, 7) is 23.5. The molecule has 10 aromatic carbocycles. The van der Waals surface area contributed by atoms with E-state index < -0.39 is 0 Å². The first kappa shape index (κ1) is 51.9. The van der Waals surface area contributed by atoms with Gasteiger partial charge in [-0.2, -0.15) is 0 Å². The van der Waals surface area contributed by atoms with E-state index in [0.29, 0.717) is 0 Å². The van der Waals surface area contributed by atoms with E-state index in [1.165, 1.54) is 96.8 Å². The molecule has 1 aliphatic carbocycles. The molecule has 0 saturated carbocycles. The van der Waals surface area contributed by atoms with Crippen molar-refractivity contribution in [2.75, 3.05) is 9.80 Å². The lowest BCUT2D eigenvalue weighted by atomic mass is 9.35. The zero-order valence-corrected chi connectivity index (χ0v) is 50.8. The third kappa shape index (κ3) is 8.39. The summed E-state index contributed by atoms with van der Waals surface area (Å²) in [5.41, 5.74) is 19.6. The smallest absolute Gasteiger partial charge is 0.255 e. The first-order valence-corrected chi connectivity index (χ1v) is 31.2. The summed E-state index contributed by atoms with van der Waals surface area (Å²) in [5, 5.41) is 5.04. The number of benzene rings is 10. The van der Waals surface area contributed by atoms with Gasteiger partial charge in [-0.15, -0.1) is 11.3 Å². The highest BCUT2D eigenvalue weighted by Crippen LogP contribution is 2.53. The van der Waals surface area contributed by atoms with E-state index in [2.05, 4.69) is 290 Å². The van der Waals surface area contributed by atoms with Crippen molar-refractivity contribution in [2.24, 2.45) is 0 Å². The van der Waals surface area contributed by atoms with Crippen molar-refractivity contribution >= 4 is 122 Å². The molecule has 83 heavy (non-hydrogen) atoms. The van der Waals surface area contributed by atoms with Crippen LogP contribution in [-0.4, -0.2) is 11.3 Å². The van der Waals surface area contributed by atoms with Crippen molar-refractivity contribution in [3.8, 4) is 17.2 Å². The predicted molar refractivity (Wildman–Crippen MR) is 357 cm³/mol. The van der Waals surface area contributed by atoms with Crippen molar-refractivity contribution in [3.63, 3.8) is 0 Å². The van der Waals surface area contributed by atoms with Gasteiger partial charge >= 0.3 is 0 Å². The largest absolute Gasteiger partial charge is 0.458 e. The third-order valence-corrected chi connectivity index (χ3v) is 20.8. The zero-order chi connectivity index (χ0) is 56.9. The molecule has 0 fully saturated rings. The van der Waals surface area contributed by atoms with Crippen LogP contribution < -0.4 is 30.9 Å². The standard InChI is InChI=1S/C76H68BN3OS2/c1-73(2,3)47-30-36-61-56(40-47)57-41-48(74(4,5)6)31-37-62(57)80(61)54-43-64-70-68(45-54)82-67-44-53(78(49-22-14-11-15-23-49)50-24-16-12-17-25-50)33-35-60(67)77(70)71-65(81-64)46-63(69-55-28-20-21-29-66(55)83-72(69)71)79(51-26-18-13-19-27-51)52-32-34-58-59(42-52)76(9,10)39-38-75(58,7)8/h11-37,40-46H,38-39H2,1-10H3. The molecule has 0 atom stereocenters. The van der Waals surface area contributed by atoms with Crippen molar-refractivity contribution in [2.45, 2.75) is 114 Å². The Bertz CT molecular complexity index is 4490. The average molecular weight is 1110 g/mol. The molecule has 0 saturated heterocycles. The van der Waals surface area contributed by atoms with E-state index in [1.54, 1.807) is 0 Å². The van der Waals surface area contributed by atoms with Crippen LogP contribution in [0.1, 0.15) is 104 Å². The van der Waals surface area contributed by atoms with Crippen molar-refractivity contribution in [1.82, 2.24) is 4.57 Å². The monoisotopic (exact) mass is 1110 g/mol. The van der Waals surface area contributed by atoms with Gasteiger partial charge in [0.25, 0.3) is 6.71 Å². The molecular formula is C76H68BN3OS2. The van der Waals surface area contributed by atoms with Gasteiger partial charge in [0.2, 0.25) is 0 Å². The second kappa shape index (κ2) is 18.8. The lowest BCUT2D eigenvalue weighted by Crippen LogP contribution is -2.58. The molecule has 0 spiro atoms. The molecule has 0 radical (unpaired) electrons. The summed E-state index contributed by atoms with van der Waals surface area (Å²) in [4.78, 5) is 7.36. The van der Waals surface area contributed by atoms with E-state index >= 15 is 0 Å². The van der Waals surface area contributed by atoms with E-state index in [-0.39, 0.29) is 28.4 Å². The Kier molecular flexibility index (Phi) is 11.7. The molecule has 15 rings (SSSR count). The Balaban J connectivity index is 1.01. The van der Waals surface area contributed by atoms with Crippen LogP contribution in [0.2, 0.25) is 0 Å². The predicted octanol–water partition coefficient (Wildman–Crippen LogP) is 20.1. The summed E-state index contributed by atoms with van der Waals surface area (Å²) in [6, 6.07) is 77.7. The maximum absolute atomic E-state index is 7.77. The summed E-state index contributed by atoms with van der Waals surface area (Å²) in [5.74, 6) is 1.79. The quantitative estimate of drug-likeness (QED) is 0.148. The molecule has 0 bridgehead atoms. The van der Waals surface area contributed by atoms with E-state index in [4.69, 9.17) is 4.74 Å². The van der Waals surface area contributed by atoms with Gasteiger partial charge in [-0.25, -0.2) is 0 Å². The lowest BCUT2D eigenvalue weighted by molar-refractivity contribution is 0.332. The fraction of sp³-hybridized carbons (Fsp3) is 0.211. The molecule has 3 aliphatic rings. The van der Waals surface area contributed by atoms with Crippen molar-refractivity contribution < 1.29 is 4.74 Å². The maximum atomic E-state index is 7.77. The number of fused-ring (bicyclic) bond motifs is 12. The molecule has 2 aliphatic heterocycles. The number of hydrogen-bond acceptors (Lipinski definition) is 5. The number of aromatic nitrogens is 1. The second-order valence-electron chi connectivity index (χ2n) is 26.8. The zero-order valence-electron chi connectivity index (χ0n) is 49.2. The minimum absolute atomic E-state index is 0.0157. The minimum atomic E-state index is -0.117. The van der Waals surface area contributed by atoms with Gasteiger partial charge in [-0.1, -0.05) is 184 Å². The highest BCUT2D eigenvalue weighted by atomic mass is 32.2. The Labute approximate surface area is 497 Å². The normalized spacial score (nSPS) is 15.0. The molecule has 0 unspecified atom stereocenters. The number of nitrogens with zero attached hydrogens (tertiary/aromatic N) is 3. The number of thiophene rings is 1. The van der Waals surface area contributed by atoms with E-state index in [1.807, 2.05) is 23.1 Å². The Morgan fingerprint density at radius 2 is 1.01 bits per heavy atom. The Morgan fingerprint density at radius 1 is 0.470 bits per heavy atom. The molecule has 2 aromatic heterocycles. The molecule has 4 nitrogen and oxygen atoms in total. The number of anilines is 6. The summed E-state index contributed by atoms with van der Waals surface area (Å²) in [6.07, 6.45) is 2.31. The molecule has 7 heteroatoms. The molecule has 12 aromatic rings. The first-order valence-electron chi connectivity index (χ1n) is 29.6. The number of para-hydroxylation sites is 3. The van der Waals surface area contributed by atoms with Gasteiger partial charge in [0.15, 0.2) is 0 Å². The number of rotatable bonds is 7. The summed E-state index contributed by atoms with van der Waals surface area (Å²) < 4.78 is 12.8. The third-order valence-electron chi connectivity index (χ3n) is 18.4. The van der Waals surface area contributed by atoms with E-state index in [9.17, 15) is 0 Å². The molecule has 4 heterocycles. The second-order valence-corrected chi connectivity index (χ2v) is 28.9. The Morgan fingerprint density at radius 3 is 1.63 bits per heavy atom. The minimum Gasteiger partial charge on any atom is -0.458 e. The van der Waals surface area contributed by atoms with Crippen LogP contribution in [0.15, 0.2) is 216 Å². The summed E-state index contributed by atoms with van der Waals surface area (Å²) >= 11 is 3.78. The van der Waals surface area contributed by atoms with Crippen LogP contribution in [0, 0.1) is 0 Å².